The van der Waals surface area contributed by atoms with Crippen LogP contribution in [0.3, 0.4) is 0 Å². The number of aromatic nitrogens is 2. The lowest BCUT2D eigenvalue weighted by atomic mass is 9.79. The van der Waals surface area contributed by atoms with Crippen molar-refractivity contribution >= 4 is 108 Å². The Kier molecular flexibility index (Phi) is 9.96. The summed E-state index contributed by atoms with van der Waals surface area (Å²) >= 11 is 1.89. The number of benzene rings is 10. The molecule has 5 heterocycles. The number of hydrogen-bond acceptors (Lipinski definition) is 3. The number of rotatable bonds is 7. The zero-order chi connectivity index (χ0) is 48.9. The molecule has 0 aliphatic carbocycles. The normalized spacial score (nSPS) is 16.9. The molecular formula is C69H49N3OS. The second kappa shape index (κ2) is 17.2. The van der Waals surface area contributed by atoms with E-state index in [1.165, 1.54) is 74.9 Å². The minimum Gasteiger partial charge on any atom is -0.455 e. The van der Waals surface area contributed by atoms with Crippen molar-refractivity contribution in [1.82, 2.24) is 9.13 Å². The molecule has 1 aliphatic heterocycles. The molecule has 1 aliphatic rings. The van der Waals surface area contributed by atoms with Gasteiger partial charge in [0.25, 0.3) is 0 Å². The lowest BCUT2D eigenvalue weighted by molar-refractivity contribution is 0.519. The number of para-hydroxylation sites is 4. The van der Waals surface area contributed by atoms with Crippen molar-refractivity contribution in [2.24, 2.45) is 10.9 Å². The molecule has 0 spiro atoms. The Labute approximate surface area is 432 Å². The van der Waals surface area contributed by atoms with Crippen LogP contribution in [-0.2, 0) is 0 Å². The summed E-state index contributed by atoms with van der Waals surface area (Å²) < 4.78 is 14.5. The van der Waals surface area contributed by atoms with Gasteiger partial charge in [-0.1, -0.05) is 171 Å². The van der Waals surface area contributed by atoms with Crippen LogP contribution in [0.4, 0.5) is 0 Å². The van der Waals surface area contributed by atoms with Gasteiger partial charge in [-0.2, -0.15) is 0 Å². The van der Waals surface area contributed by atoms with E-state index in [0.29, 0.717) is 0 Å². The third-order valence-corrected chi connectivity index (χ3v) is 17.0. The molecule has 0 N–H and O–H groups in total. The summed E-state index contributed by atoms with van der Waals surface area (Å²) in [4.78, 5) is 6.04. The minimum atomic E-state index is -0.182. The van der Waals surface area contributed by atoms with Crippen LogP contribution in [0, 0.1) is 5.92 Å². The van der Waals surface area contributed by atoms with E-state index < -0.39 is 0 Å². The highest BCUT2D eigenvalue weighted by Gasteiger charge is 2.31. The summed E-state index contributed by atoms with van der Waals surface area (Å²) in [6, 6.07) is 82.0. The maximum absolute atomic E-state index is 6.95. The van der Waals surface area contributed by atoms with Gasteiger partial charge in [-0.25, -0.2) is 0 Å². The summed E-state index contributed by atoms with van der Waals surface area (Å²) in [5.74, 6) is 0.0931. The van der Waals surface area contributed by atoms with E-state index in [0.717, 1.165) is 80.5 Å². The van der Waals surface area contributed by atoms with E-state index in [9.17, 15) is 0 Å². The second-order valence-electron chi connectivity index (χ2n) is 19.9. The van der Waals surface area contributed by atoms with Gasteiger partial charge < -0.3 is 13.6 Å². The van der Waals surface area contributed by atoms with Gasteiger partial charge in [0.05, 0.1) is 28.1 Å². The first-order valence-corrected chi connectivity index (χ1v) is 26.8. The van der Waals surface area contributed by atoms with Gasteiger partial charge in [-0.15, -0.1) is 11.3 Å². The summed E-state index contributed by atoms with van der Waals surface area (Å²) in [5, 5.41) is 9.91. The lowest BCUT2D eigenvalue weighted by Gasteiger charge is -2.30. The molecule has 0 saturated carbocycles. The van der Waals surface area contributed by atoms with Crippen molar-refractivity contribution in [3.05, 3.63) is 247 Å². The lowest BCUT2D eigenvalue weighted by Crippen LogP contribution is -2.18. The van der Waals surface area contributed by atoms with Crippen LogP contribution in [0.25, 0.3) is 114 Å². The van der Waals surface area contributed by atoms with Crippen molar-refractivity contribution in [1.29, 1.82) is 0 Å². The highest BCUT2D eigenvalue weighted by atomic mass is 32.1. The van der Waals surface area contributed by atoms with E-state index in [-0.39, 0.29) is 12.0 Å². The molecule has 5 heteroatoms. The van der Waals surface area contributed by atoms with Crippen LogP contribution in [0.1, 0.15) is 48.9 Å². The van der Waals surface area contributed by atoms with Crippen molar-refractivity contribution in [3.8, 4) is 22.5 Å². The molecule has 14 aromatic rings. The number of hydrogen-bond donors (Lipinski definition) is 0. The van der Waals surface area contributed by atoms with Gasteiger partial charge >= 0.3 is 0 Å². The van der Waals surface area contributed by atoms with Crippen molar-refractivity contribution in [2.45, 2.75) is 32.2 Å². The average Bonchev–Trinajstić information content (AvgIpc) is 4.20. The predicted molar refractivity (Wildman–Crippen MR) is 314 cm³/mol. The molecule has 10 aromatic carbocycles. The minimum absolute atomic E-state index is 0.0931. The first-order chi connectivity index (χ1) is 36.7. The monoisotopic (exact) mass is 967 g/mol. The van der Waals surface area contributed by atoms with Crippen molar-refractivity contribution in [2.75, 3.05) is 0 Å². The Balaban J connectivity index is 0.917. The summed E-state index contributed by atoms with van der Waals surface area (Å²) in [6.45, 7) is 2.34. The van der Waals surface area contributed by atoms with E-state index >= 15 is 0 Å². The van der Waals surface area contributed by atoms with Crippen LogP contribution in [0.2, 0.25) is 0 Å². The van der Waals surface area contributed by atoms with Gasteiger partial charge in [0.15, 0.2) is 0 Å². The maximum Gasteiger partial charge on any atom is 0.143 e. The molecule has 0 fully saturated rings. The molecule has 15 rings (SSSR count). The molecule has 4 aromatic heterocycles. The fraction of sp³-hybridized carbons (Fsp3) is 0.0870. The van der Waals surface area contributed by atoms with E-state index in [1.54, 1.807) is 0 Å². The predicted octanol–water partition coefficient (Wildman–Crippen LogP) is 19.2. The van der Waals surface area contributed by atoms with E-state index in [1.807, 2.05) is 11.3 Å². The summed E-state index contributed by atoms with van der Waals surface area (Å²) in [6.07, 6.45) is 5.15. The topological polar surface area (TPSA) is 35.4 Å². The summed E-state index contributed by atoms with van der Waals surface area (Å²) in [7, 11) is 0. The fourth-order valence-electron chi connectivity index (χ4n) is 12.5. The third kappa shape index (κ3) is 6.70. The Morgan fingerprint density at radius 1 is 0.486 bits per heavy atom. The number of nitrogens with zero attached hydrogens (tertiary/aromatic N) is 3. The number of aliphatic imine (C=N–C) groups is 1. The smallest absolute Gasteiger partial charge is 0.143 e. The number of thiophene rings is 1. The molecule has 4 nitrogen and oxygen atoms in total. The standard InChI is InChI=1S/C69H49N3OS/c1-2-48-50(54-30-18-36-66-67(54)56-27-11-14-35-65(56)74-66)29-17-32-59(70-68(48)45-37-38-53-55-31-16-28-49(43-19-5-3-6-20-43)69(55)73-64(53)40-45)44-21-15-24-47(39-44)72-61-34-13-10-26-52(61)58-41-57-51-25-9-12-33-60(51)71(62(57)42-63(58)72)46-22-7-4-8-23-46/h3-16,18-31,33-42,48,68H,2,17,32H2,1H3/b50-29+,70-59+. The highest BCUT2D eigenvalue weighted by Crippen LogP contribution is 2.48. The Hall–Kier alpha value is -8.77. The molecule has 0 amide bonds. The van der Waals surface area contributed by atoms with Gasteiger partial charge in [0.1, 0.15) is 11.2 Å². The zero-order valence-corrected chi connectivity index (χ0v) is 41.7. The van der Waals surface area contributed by atoms with Crippen molar-refractivity contribution < 1.29 is 4.42 Å². The van der Waals surface area contributed by atoms with Gasteiger partial charge in [-0.3, -0.25) is 4.99 Å². The molecule has 2 unspecified atom stereocenters. The molecule has 74 heavy (non-hydrogen) atoms. The van der Waals surface area contributed by atoms with E-state index in [2.05, 4.69) is 247 Å². The van der Waals surface area contributed by atoms with Crippen LogP contribution in [0.15, 0.2) is 240 Å². The Bertz CT molecular complexity index is 4600. The van der Waals surface area contributed by atoms with Crippen LogP contribution >= 0.6 is 11.3 Å². The van der Waals surface area contributed by atoms with Crippen LogP contribution in [-0.4, -0.2) is 14.8 Å². The second-order valence-corrected chi connectivity index (χ2v) is 21.0. The third-order valence-electron chi connectivity index (χ3n) is 15.8. The molecule has 0 radical (unpaired) electrons. The van der Waals surface area contributed by atoms with Crippen molar-refractivity contribution in [3.63, 3.8) is 0 Å². The largest absolute Gasteiger partial charge is 0.455 e. The molecule has 0 bridgehead atoms. The number of allylic oxidation sites excluding steroid dienone is 1. The van der Waals surface area contributed by atoms with Crippen LogP contribution < -0.4 is 0 Å². The highest BCUT2D eigenvalue weighted by molar-refractivity contribution is 7.25. The molecular weight excluding hydrogens is 919 g/mol. The SMILES string of the molecule is CCC1/C(c2cccc3sc4ccccc4c23)=C\CC/C(c2cccc(-n3c4ccccc4c4cc5c6ccccc6n(-c6ccccc6)c5cc43)c2)=N\C1c1ccc2c(c1)oc1c(-c3ccccc3)cccc12. The molecule has 2 atom stereocenters. The first-order valence-electron chi connectivity index (χ1n) is 26.0. The van der Waals surface area contributed by atoms with Gasteiger partial charge in [-0.05, 0) is 114 Å². The quantitative estimate of drug-likeness (QED) is 0.157. The fourth-order valence-corrected chi connectivity index (χ4v) is 13.7. The Morgan fingerprint density at radius 3 is 1.89 bits per heavy atom. The summed E-state index contributed by atoms with van der Waals surface area (Å²) in [5.41, 5.74) is 17.2. The van der Waals surface area contributed by atoms with Gasteiger partial charge in [0, 0.05) is 81.1 Å². The molecule has 352 valence electrons. The van der Waals surface area contributed by atoms with E-state index in [4.69, 9.17) is 9.41 Å². The number of furan rings is 1. The number of fused-ring (bicyclic) bond motifs is 12. The maximum atomic E-state index is 6.95. The zero-order valence-electron chi connectivity index (χ0n) is 40.9. The average molecular weight is 968 g/mol. The molecule has 0 saturated heterocycles. The van der Waals surface area contributed by atoms with Gasteiger partial charge in [0.2, 0.25) is 0 Å². The first kappa shape index (κ1) is 42.9. The van der Waals surface area contributed by atoms with Crippen LogP contribution in [0.5, 0.6) is 0 Å². The Morgan fingerprint density at radius 2 is 1.11 bits per heavy atom.